The summed E-state index contributed by atoms with van der Waals surface area (Å²) in [5, 5.41) is 4.34. The van der Waals surface area contributed by atoms with Crippen molar-refractivity contribution in [3.8, 4) is 5.88 Å². The molecule has 0 saturated carbocycles. The minimum absolute atomic E-state index is 0.194. The van der Waals surface area contributed by atoms with Crippen LogP contribution in [0.2, 0.25) is 0 Å². The molecule has 0 bridgehead atoms. The summed E-state index contributed by atoms with van der Waals surface area (Å²) in [5.74, 6) is 0.705. The fourth-order valence-electron chi connectivity index (χ4n) is 3.14. The summed E-state index contributed by atoms with van der Waals surface area (Å²) < 4.78 is 7.48. The number of hydrogen-bond acceptors (Lipinski definition) is 5. The first-order valence-electron chi connectivity index (χ1n) is 8.61. The number of carbonyl (C=O) groups excluding carboxylic acids is 1. The summed E-state index contributed by atoms with van der Waals surface area (Å²) in [6, 6.07) is 6.90. The molecule has 4 heterocycles. The van der Waals surface area contributed by atoms with Crippen molar-refractivity contribution in [2.45, 2.75) is 12.8 Å². The van der Waals surface area contributed by atoms with Crippen LogP contribution in [-0.4, -0.2) is 50.1 Å². The first-order chi connectivity index (χ1) is 12.7. The number of amides is 1. The van der Waals surface area contributed by atoms with Crippen molar-refractivity contribution >= 4 is 11.6 Å². The number of ether oxygens (including phenoxy) is 1. The molecule has 1 amide bonds. The second-order valence-electron chi connectivity index (χ2n) is 6.36. The Labute approximate surface area is 149 Å². The summed E-state index contributed by atoms with van der Waals surface area (Å²) in [7, 11) is 0. The molecule has 0 aliphatic carbocycles. The van der Waals surface area contributed by atoms with E-state index in [0.717, 1.165) is 18.5 Å². The molecule has 0 radical (unpaired) electrons. The van der Waals surface area contributed by atoms with Crippen LogP contribution in [0.5, 0.6) is 5.88 Å². The van der Waals surface area contributed by atoms with E-state index in [2.05, 4.69) is 15.1 Å². The van der Waals surface area contributed by atoms with Gasteiger partial charge in [0.1, 0.15) is 5.56 Å². The number of nitrogens with zero attached hydrogens (tertiary/aromatic N) is 4. The van der Waals surface area contributed by atoms with Crippen LogP contribution < -0.4 is 10.3 Å². The molecule has 26 heavy (non-hydrogen) atoms. The molecule has 3 aromatic heterocycles. The van der Waals surface area contributed by atoms with E-state index >= 15 is 0 Å². The van der Waals surface area contributed by atoms with Gasteiger partial charge in [-0.05, 0) is 37.0 Å². The van der Waals surface area contributed by atoms with Gasteiger partial charge in [-0.2, -0.15) is 0 Å². The van der Waals surface area contributed by atoms with Gasteiger partial charge in [0, 0.05) is 37.7 Å². The van der Waals surface area contributed by atoms with E-state index in [4.69, 9.17) is 4.74 Å². The molecule has 0 aromatic carbocycles. The van der Waals surface area contributed by atoms with Gasteiger partial charge < -0.3 is 14.6 Å². The lowest BCUT2D eigenvalue weighted by molar-refractivity contribution is 0.0657. The zero-order chi connectivity index (χ0) is 17.9. The number of fused-ring (bicyclic) bond motifs is 1. The van der Waals surface area contributed by atoms with Gasteiger partial charge in [0.05, 0.1) is 6.61 Å². The maximum absolute atomic E-state index is 12.5. The molecule has 1 aliphatic rings. The third-order valence-corrected chi connectivity index (χ3v) is 4.65. The van der Waals surface area contributed by atoms with Crippen molar-refractivity contribution in [3.63, 3.8) is 0 Å². The predicted octanol–water partition coefficient (Wildman–Crippen LogP) is 1.35. The number of pyridine rings is 1. The lowest BCUT2D eigenvalue weighted by Crippen LogP contribution is -2.41. The SMILES string of the molecule is O=C(c1ccc[nH]c1=O)N1CCC(COc2ccc3nccn3n2)CC1. The number of rotatable bonds is 4. The summed E-state index contributed by atoms with van der Waals surface area (Å²) in [4.78, 5) is 32.6. The second-order valence-corrected chi connectivity index (χ2v) is 6.36. The first kappa shape index (κ1) is 16.3. The van der Waals surface area contributed by atoms with Gasteiger partial charge in [-0.3, -0.25) is 9.59 Å². The van der Waals surface area contributed by atoms with E-state index in [-0.39, 0.29) is 17.0 Å². The number of aromatic nitrogens is 4. The molecule has 8 nitrogen and oxygen atoms in total. The van der Waals surface area contributed by atoms with Crippen LogP contribution in [0.4, 0.5) is 0 Å². The van der Waals surface area contributed by atoms with E-state index in [9.17, 15) is 9.59 Å². The summed E-state index contributed by atoms with van der Waals surface area (Å²) in [6.45, 7) is 1.80. The monoisotopic (exact) mass is 353 g/mol. The molecule has 3 aromatic rings. The third-order valence-electron chi connectivity index (χ3n) is 4.65. The number of hydrogen-bond donors (Lipinski definition) is 1. The molecule has 8 heteroatoms. The maximum atomic E-state index is 12.5. The van der Waals surface area contributed by atoms with Crippen LogP contribution in [0.3, 0.4) is 0 Å². The quantitative estimate of drug-likeness (QED) is 0.764. The van der Waals surface area contributed by atoms with E-state index < -0.39 is 0 Å². The van der Waals surface area contributed by atoms with Crippen LogP contribution in [0.25, 0.3) is 5.65 Å². The highest BCUT2D eigenvalue weighted by atomic mass is 16.5. The number of H-pyrrole nitrogens is 1. The van der Waals surface area contributed by atoms with Crippen molar-refractivity contribution in [2.24, 2.45) is 5.92 Å². The minimum Gasteiger partial charge on any atom is -0.476 e. The Bertz CT molecular complexity index is 972. The predicted molar refractivity (Wildman–Crippen MR) is 94.2 cm³/mol. The highest BCUT2D eigenvalue weighted by molar-refractivity contribution is 5.93. The third kappa shape index (κ3) is 3.30. The average Bonchev–Trinajstić information content (AvgIpc) is 3.14. The number of piperidine rings is 1. The fourth-order valence-corrected chi connectivity index (χ4v) is 3.14. The highest BCUT2D eigenvalue weighted by Gasteiger charge is 2.25. The second kappa shape index (κ2) is 6.99. The Balaban J connectivity index is 1.31. The van der Waals surface area contributed by atoms with Crippen molar-refractivity contribution in [2.75, 3.05) is 19.7 Å². The Hall–Kier alpha value is -3.16. The summed E-state index contributed by atoms with van der Waals surface area (Å²) in [6.07, 6.45) is 6.67. The molecule has 1 N–H and O–H groups in total. The van der Waals surface area contributed by atoms with Gasteiger partial charge in [-0.15, -0.1) is 5.10 Å². The van der Waals surface area contributed by atoms with Crippen molar-refractivity contribution in [1.29, 1.82) is 0 Å². The van der Waals surface area contributed by atoms with E-state index in [1.165, 1.54) is 6.20 Å². The lowest BCUT2D eigenvalue weighted by Gasteiger charge is -2.31. The van der Waals surface area contributed by atoms with Gasteiger partial charge in [0.15, 0.2) is 5.65 Å². The summed E-state index contributed by atoms with van der Waals surface area (Å²) in [5.41, 5.74) is 0.629. The van der Waals surface area contributed by atoms with Gasteiger partial charge in [0.25, 0.3) is 11.5 Å². The van der Waals surface area contributed by atoms with E-state index in [1.54, 1.807) is 33.9 Å². The number of likely N-dealkylation sites (tertiary alicyclic amines) is 1. The minimum atomic E-state index is -0.344. The van der Waals surface area contributed by atoms with Crippen molar-refractivity contribution in [3.05, 3.63) is 58.8 Å². The number of nitrogens with one attached hydrogen (secondary N) is 1. The Morgan fingerprint density at radius 1 is 1.27 bits per heavy atom. The maximum Gasteiger partial charge on any atom is 0.260 e. The van der Waals surface area contributed by atoms with Crippen LogP contribution in [-0.2, 0) is 0 Å². The molecule has 4 rings (SSSR count). The van der Waals surface area contributed by atoms with E-state index in [0.29, 0.717) is 31.5 Å². The average molecular weight is 353 g/mol. The molecule has 0 atom stereocenters. The summed E-state index contributed by atoms with van der Waals surface area (Å²) >= 11 is 0. The highest BCUT2D eigenvalue weighted by Crippen LogP contribution is 2.20. The fraction of sp³-hybridized carbons (Fsp3) is 0.333. The van der Waals surface area contributed by atoms with E-state index in [1.807, 2.05) is 12.1 Å². The smallest absolute Gasteiger partial charge is 0.260 e. The van der Waals surface area contributed by atoms with Crippen molar-refractivity contribution < 1.29 is 9.53 Å². The Morgan fingerprint density at radius 2 is 2.12 bits per heavy atom. The van der Waals surface area contributed by atoms with Gasteiger partial charge in [-0.1, -0.05) is 0 Å². The van der Waals surface area contributed by atoms with Gasteiger partial charge >= 0.3 is 0 Å². The van der Waals surface area contributed by atoms with Crippen LogP contribution in [0.15, 0.2) is 47.7 Å². The molecular formula is C18H19N5O3. The van der Waals surface area contributed by atoms with Crippen molar-refractivity contribution in [1.82, 2.24) is 24.5 Å². The zero-order valence-electron chi connectivity index (χ0n) is 14.2. The largest absolute Gasteiger partial charge is 0.476 e. The molecule has 0 spiro atoms. The Kier molecular flexibility index (Phi) is 4.39. The molecule has 1 aliphatic heterocycles. The number of carbonyl (C=O) groups is 1. The molecule has 1 saturated heterocycles. The van der Waals surface area contributed by atoms with Gasteiger partial charge in [-0.25, -0.2) is 9.50 Å². The standard InChI is InChI=1S/C18H19N5O3/c24-17-14(2-1-7-20-17)18(25)22-9-5-13(6-10-22)12-26-16-4-3-15-19-8-11-23(15)21-16/h1-4,7-8,11,13H,5-6,9-10,12H2,(H,20,24). The molecular weight excluding hydrogens is 334 g/mol. The normalized spacial score (nSPS) is 15.3. The van der Waals surface area contributed by atoms with Crippen LogP contribution >= 0.6 is 0 Å². The van der Waals surface area contributed by atoms with Crippen LogP contribution in [0, 0.1) is 5.92 Å². The number of aromatic amines is 1. The first-order valence-corrected chi connectivity index (χ1v) is 8.61. The van der Waals surface area contributed by atoms with Gasteiger partial charge in [0.2, 0.25) is 5.88 Å². The lowest BCUT2D eigenvalue weighted by atomic mass is 9.97. The Morgan fingerprint density at radius 3 is 2.92 bits per heavy atom. The topological polar surface area (TPSA) is 92.6 Å². The molecule has 1 fully saturated rings. The number of imidazole rings is 1. The zero-order valence-corrected chi connectivity index (χ0v) is 14.2. The molecule has 134 valence electrons. The molecule has 0 unspecified atom stereocenters. The van der Waals surface area contributed by atoms with Crippen LogP contribution in [0.1, 0.15) is 23.2 Å².